The number of benzene rings is 2. The van der Waals surface area contributed by atoms with E-state index in [0.29, 0.717) is 22.5 Å². The molecule has 1 aliphatic heterocycles. The van der Waals surface area contributed by atoms with Crippen LogP contribution in [0.15, 0.2) is 48.7 Å². The number of anilines is 1. The number of carbonyl (C=O) groups is 3. The van der Waals surface area contributed by atoms with Gasteiger partial charge in [-0.2, -0.15) is 0 Å². The van der Waals surface area contributed by atoms with Crippen molar-refractivity contribution in [3.8, 4) is 5.75 Å². The number of hydrogen-bond acceptors (Lipinski definition) is 6. The lowest BCUT2D eigenvalue weighted by Gasteiger charge is -2.29. The monoisotopic (exact) mass is 436 g/mol. The number of para-hydroxylation sites is 1. The zero-order valence-electron chi connectivity index (χ0n) is 18.4. The first-order valence-electron chi connectivity index (χ1n) is 10.2. The van der Waals surface area contributed by atoms with Crippen LogP contribution in [0.2, 0.25) is 0 Å². The van der Waals surface area contributed by atoms with E-state index < -0.39 is 17.7 Å². The molecule has 2 aromatic carbocycles. The number of aromatic nitrogens is 1. The van der Waals surface area contributed by atoms with Gasteiger partial charge >= 0.3 is 12.1 Å². The Hall–Kier alpha value is -3.81. The molecular weight excluding hydrogens is 412 g/mol. The molecular formula is C24H24N2O6. The van der Waals surface area contributed by atoms with Crippen LogP contribution in [-0.4, -0.2) is 41.9 Å². The van der Waals surface area contributed by atoms with Crippen LogP contribution in [0.1, 0.15) is 36.7 Å². The minimum Gasteiger partial charge on any atom is -0.482 e. The van der Waals surface area contributed by atoms with E-state index in [0.717, 1.165) is 10.9 Å². The molecule has 0 saturated heterocycles. The molecule has 0 aliphatic carbocycles. The van der Waals surface area contributed by atoms with Crippen LogP contribution in [0.3, 0.4) is 0 Å². The Kier molecular flexibility index (Phi) is 5.38. The third kappa shape index (κ3) is 4.03. The summed E-state index contributed by atoms with van der Waals surface area (Å²) in [5.74, 6) is -0.269. The lowest BCUT2D eigenvalue weighted by Crippen LogP contribution is -2.38. The first kappa shape index (κ1) is 21.4. The van der Waals surface area contributed by atoms with Crippen molar-refractivity contribution in [1.29, 1.82) is 0 Å². The lowest BCUT2D eigenvalue weighted by molar-refractivity contribution is -0.121. The predicted octanol–water partition coefficient (Wildman–Crippen LogP) is 4.14. The van der Waals surface area contributed by atoms with Crippen molar-refractivity contribution in [1.82, 2.24) is 4.57 Å². The summed E-state index contributed by atoms with van der Waals surface area (Å²) in [6, 6.07) is 12.2. The molecule has 1 aliphatic rings. The van der Waals surface area contributed by atoms with Gasteiger partial charge in [0.05, 0.1) is 30.4 Å². The molecule has 0 atom stereocenters. The normalized spacial score (nSPS) is 13.5. The van der Waals surface area contributed by atoms with Crippen LogP contribution in [0.25, 0.3) is 10.9 Å². The fourth-order valence-corrected chi connectivity index (χ4v) is 3.63. The van der Waals surface area contributed by atoms with Crippen molar-refractivity contribution in [3.05, 3.63) is 59.8 Å². The smallest absolute Gasteiger partial charge is 0.419 e. The summed E-state index contributed by atoms with van der Waals surface area (Å²) in [5.41, 5.74) is 1.58. The highest BCUT2D eigenvalue weighted by Gasteiger charge is 2.29. The van der Waals surface area contributed by atoms with Crippen LogP contribution in [0, 0.1) is 0 Å². The van der Waals surface area contributed by atoms with E-state index in [1.165, 1.54) is 11.7 Å². The summed E-state index contributed by atoms with van der Waals surface area (Å²) in [5, 5.41) is 0.823. The maximum atomic E-state index is 12.8. The second kappa shape index (κ2) is 8.03. The molecule has 0 bridgehead atoms. The van der Waals surface area contributed by atoms with Gasteiger partial charge in [-0.15, -0.1) is 0 Å². The molecule has 166 valence electrons. The van der Waals surface area contributed by atoms with Gasteiger partial charge in [0, 0.05) is 11.6 Å². The number of nitrogens with zero attached hydrogens (tertiary/aromatic N) is 2. The minimum atomic E-state index is -0.647. The van der Waals surface area contributed by atoms with Gasteiger partial charge in [-0.05, 0) is 50.6 Å². The zero-order valence-corrected chi connectivity index (χ0v) is 18.4. The average molecular weight is 436 g/mol. The molecule has 8 nitrogen and oxygen atoms in total. The fourth-order valence-electron chi connectivity index (χ4n) is 3.63. The Morgan fingerprint density at radius 1 is 1.12 bits per heavy atom. The zero-order chi connectivity index (χ0) is 23.0. The van der Waals surface area contributed by atoms with Crippen molar-refractivity contribution in [2.45, 2.75) is 32.9 Å². The molecule has 32 heavy (non-hydrogen) atoms. The number of ether oxygens (including phenoxy) is 3. The highest BCUT2D eigenvalue weighted by atomic mass is 16.6. The van der Waals surface area contributed by atoms with Crippen molar-refractivity contribution >= 4 is 34.6 Å². The van der Waals surface area contributed by atoms with E-state index in [4.69, 9.17) is 14.2 Å². The Morgan fingerprint density at radius 3 is 2.59 bits per heavy atom. The average Bonchev–Trinajstić information content (AvgIpc) is 3.12. The molecule has 0 radical (unpaired) electrons. The molecule has 0 fully saturated rings. The van der Waals surface area contributed by atoms with Crippen molar-refractivity contribution < 1.29 is 28.6 Å². The van der Waals surface area contributed by atoms with Crippen LogP contribution in [0.5, 0.6) is 5.75 Å². The molecule has 4 rings (SSSR count). The quantitative estimate of drug-likeness (QED) is 0.574. The highest BCUT2D eigenvalue weighted by Crippen LogP contribution is 2.35. The topological polar surface area (TPSA) is 87.1 Å². The van der Waals surface area contributed by atoms with E-state index in [2.05, 4.69) is 0 Å². The third-order valence-corrected chi connectivity index (χ3v) is 5.04. The fraction of sp³-hybridized carbons (Fsp3) is 0.292. The third-order valence-electron chi connectivity index (χ3n) is 5.04. The second-order valence-electron chi connectivity index (χ2n) is 8.46. The summed E-state index contributed by atoms with van der Waals surface area (Å²) in [6.45, 7) is 5.49. The summed E-state index contributed by atoms with van der Waals surface area (Å²) in [7, 11) is 1.30. The van der Waals surface area contributed by atoms with Gasteiger partial charge in [0.1, 0.15) is 11.4 Å². The van der Waals surface area contributed by atoms with Gasteiger partial charge in [-0.3, -0.25) is 9.36 Å². The van der Waals surface area contributed by atoms with E-state index in [1.807, 2.05) is 24.3 Å². The van der Waals surface area contributed by atoms with Crippen molar-refractivity contribution in [2.75, 3.05) is 18.6 Å². The minimum absolute atomic E-state index is 0.116. The second-order valence-corrected chi connectivity index (χ2v) is 8.46. The van der Waals surface area contributed by atoms with E-state index in [1.54, 1.807) is 50.1 Å². The van der Waals surface area contributed by atoms with Gasteiger partial charge in [0.15, 0.2) is 6.61 Å². The summed E-state index contributed by atoms with van der Waals surface area (Å²) >= 11 is 0. The van der Waals surface area contributed by atoms with Gasteiger partial charge in [0.25, 0.3) is 5.91 Å². The van der Waals surface area contributed by atoms with Crippen LogP contribution < -0.4 is 9.64 Å². The molecule has 2 heterocycles. The lowest BCUT2D eigenvalue weighted by atomic mass is 10.1. The molecule has 0 N–H and O–H groups in total. The Labute approximate surface area is 185 Å². The molecule has 8 heteroatoms. The molecule has 0 saturated carbocycles. The standard InChI is InChI=1S/C24H24N2O6/c1-24(2,3)32-23(29)26-13-16(17-7-5-6-8-18(17)26)12-25-19-11-15(22(28)30-4)9-10-20(19)31-14-21(25)27/h5-11,13H,12,14H2,1-4H3. The van der Waals surface area contributed by atoms with Crippen LogP contribution in [-0.2, 0) is 20.8 Å². The largest absolute Gasteiger partial charge is 0.482 e. The number of rotatable bonds is 3. The number of methoxy groups -OCH3 is 1. The summed E-state index contributed by atoms with van der Waals surface area (Å²) in [4.78, 5) is 39.1. The van der Waals surface area contributed by atoms with E-state index in [-0.39, 0.29) is 19.1 Å². The molecule has 0 unspecified atom stereocenters. The summed E-state index contributed by atoms with van der Waals surface area (Å²) < 4.78 is 17.3. The SMILES string of the molecule is COC(=O)c1ccc2c(c1)N(Cc1cn(C(=O)OC(C)(C)C)c3ccccc13)C(=O)CO2. The van der Waals surface area contributed by atoms with Gasteiger partial charge in [0.2, 0.25) is 0 Å². The number of fused-ring (bicyclic) bond motifs is 2. The summed E-state index contributed by atoms with van der Waals surface area (Å²) in [6.07, 6.45) is 1.19. The Morgan fingerprint density at radius 2 is 1.88 bits per heavy atom. The Bertz CT molecular complexity index is 1220. The molecule has 3 aromatic rings. The predicted molar refractivity (Wildman–Crippen MR) is 118 cm³/mol. The number of hydrogen-bond donors (Lipinski definition) is 0. The number of esters is 1. The van der Waals surface area contributed by atoms with Crippen LogP contribution in [0.4, 0.5) is 10.5 Å². The number of amides is 1. The van der Waals surface area contributed by atoms with Crippen molar-refractivity contribution in [3.63, 3.8) is 0 Å². The van der Waals surface area contributed by atoms with E-state index in [9.17, 15) is 14.4 Å². The van der Waals surface area contributed by atoms with Gasteiger partial charge < -0.3 is 19.1 Å². The van der Waals surface area contributed by atoms with Gasteiger partial charge in [-0.1, -0.05) is 18.2 Å². The van der Waals surface area contributed by atoms with Gasteiger partial charge in [-0.25, -0.2) is 9.59 Å². The first-order chi connectivity index (χ1) is 15.2. The van der Waals surface area contributed by atoms with E-state index >= 15 is 0 Å². The molecule has 0 spiro atoms. The molecule has 1 aromatic heterocycles. The molecule has 1 amide bonds. The number of carbonyl (C=O) groups excluding carboxylic acids is 3. The maximum absolute atomic E-state index is 12.8. The highest BCUT2D eigenvalue weighted by molar-refractivity contribution is 6.01. The Balaban J connectivity index is 1.75. The van der Waals surface area contributed by atoms with Crippen LogP contribution >= 0.6 is 0 Å². The maximum Gasteiger partial charge on any atom is 0.419 e. The first-order valence-corrected chi connectivity index (χ1v) is 10.2. The van der Waals surface area contributed by atoms with Crippen molar-refractivity contribution in [2.24, 2.45) is 0 Å².